The molecule has 3 aromatic rings. The number of aromatic nitrogens is 2. The van der Waals surface area contributed by atoms with E-state index in [1.54, 1.807) is 0 Å². The van der Waals surface area contributed by atoms with Gasteiger partial charge in [0.25, 0.3) is 11.6 Å². The van der Waals surface area contributed by atoms with Gasteiger partial charge in [0.15, 0.2) is 5.78 Å². The Morgan fingerprint density at radius 1 is 1.23 bits per heavy atom. The van der Waals surface area contributed by atoms with Crippen LogP contribution in [0.3, 0.4) is 0 Å². The maximum Gasteiger partial charge on any atom is 0.416 e. The summed E-state index contributed by atoms with van der Waals surface area (Å²) in [5.74, 6) is -0.776. The smallest absolute Gasteiger partial charge is 0.372 e. The van der Waals surface area contributed by atoms with Gasteiger partial charge >= 0.3 is 6.18 Å². The Morgan fingerprint density at radius 3 is 2.67 bits per heavy atom. The Morgan fingerprint density at radius 2 is 2.00 bits per heavy atom. The largest absolute Gasteiger partial charge is 0.416 e. The minimum Gasteiger partial charge on any atom is -0.372 e. The highest BCUT2D eigenvalue weighted by Gasteiger charge is 2.40. The van der Waals surface area contributed by atoms with Gasteiger partial charge in [-0.25, -0.2) is 4.68 Å². The molecular weight excluding hydrogens is 529 g/mol. The molecule has 1 amide bonds. The summed E-state index contributed by atoms with van der Waals surface area (Å²) in [5.41, 5.74) is 0.159. The lowest BCUT2D eigenvalue weighted by Crippen LogP contribution is -2.28. The first-order chi connectivity index (χ1) is 18.8. The van der Waals surface area contributed by atoms with Crippen LogP contribution in [0.1, 0.15) is 82.4 Å². The van der Waals surface area contributed by atoms with Gasteiger partial charge in [-0.3, -0.25) is 19.7 Å². The fourth-order valence-electron chi connectivity index (χ4n) is 5.33. The molecular formula is C28H27F3N4O5. The number of nitrogens with zero attached hydrogens (tertiary/aromatic N) is 3. The van der Waals surface area contributed by atoms with E-state index in [4.69, 9.17) is 4.74 Å². The number of alkyl halides is 3. The van der Waals surface area contributed by atoms with Crippen LogP contribution in [0.15, 0.2) is 42.5 Å². The lowest BCUT2D eigenvalue weighted by molar-refractivity contribution is -0.384. The predicted molar refractivity (Wildman–Crippen MR) is 137 cm³/mol. The minimum atomic E-state index is -4.52. The first kappa shape index (κ1) is 27.5. The number of carbonyl (C=O) groups excluding carboxylic acids is 2. The molecule has 0 radical (unpaired) electrons. The van der Waals surface area contributed by atoms with E-state index in [-0.39, 0.29) is 40.7 Å². The third-order valence-corrected chi connectivity index (χ3v) is 7.18. The zero-order chi connectivity index (χ0) is 28.8. The first-order valence-corrected chi connectivity index (χ1v) is 12.8. The fraction of sp³-hybridized carbons (Fsp3) is 0.393. The number of hydrogen-bond donors (Lipinski definition) is 1. The molecule has 0 saturated carbocycles. The van der Waals surface area contributed by atoms with Crippen LogP contribution < -0.4 is 5.32 Å². The van der Waals surface area contributed by atoms with Crippen molar-refractivity contribution in [2.24, 2.45) is 5.41 Å². The third-order valence-electron chi connectivity index (χ3n) is 7.18. The number of halogens is 3. The van der Waals surface area contributed by atoms with E-state index in [0.29, 0.717) is 42.8 Å². The lowest BCUT2D eigenvalue weighted by Gasteiger charge is -2.29. The average molecular weight is 557 g/mol. The Hall–Kier alpha value is -4.06. The van der Waals surface area contributed by atoms with Crippen LogP contribution in [0.4, 0.5) is 18.9 Å². The molecule has 2 aromatic carbocycles. The Kier molecular flexibility index (Phi) is 6.99. The maximum absolute atomic E-state index is 13.2. The zero-order valence-electron chi connectivity index (χ0n) is 21.9. The highest BCUT2D eigenvalue weighted by atomic mass is 19.4. The van der Waals surface area contributed by atoms with E-state index in [1.807, 2.05) is 13.8 Å². The molecule has 5 rings (SSSR count). The molecule has 1 aliphatic heterocycles. The molecule has 2 aliphatic rings. The van der Waals surface area contributed by atoms with Gasteiger partial charge in [0.1, 0.15) is 17.5 Å². The van der Waals surface area contributed by atoms with Crippen molar-refractivity contribution in [1.29, 1.82) is 0 Å². The molecule has 2 heterocycles. The minimum absolute atomic E-state index is 0.0424. The quantitative estimate of drug-likeness (QED) is 0.306. The molecule has 1 saturated heterocycles. The molecule has 1 atom stereocenters. The van der Waals surface area contributed by atoms with Crippen LogP contribution in [0.5, 0.6) is 0 Å². The third kappa shape index (κ3) is 5.35. The van der Waals surface area contributed by atoms with Gasteiger partial charge in [0.05, 0.1) is 21.7 Å². The van der Waals surface area contributed by atoms with Crippen molar-refractivity contribution in [3.8, 4) is 5.69 Å². The van der Waals surface area contributed by atoms with Gasteiger partial charge in [-0.2, -0.15) is 18.3 Å². The number of Topliss-reactive ketones (excluding diaryl/α,β-unsaturated/α-hetero) is 1. The summed E-state index contributed by atoms with van der Waals surface area (Å²) in [4.78, 5) is 37.5. The van der Waals surface area contributed by atoms with Gasteiger partial charge in [-0.15, -0.1) is 0 Å². The van der Waals surface area contributed by atoms with Crippen LogP contribution in [0, 0.1) is 15.5 Å². The van der Waals surface area contributed by atoms with E-state index in [9.17, 15) is 32.9 Å². The summed E-state index contributed by atoms with van der Waals surface area (Å²) < 4.78 is 46.2. The second-order valence-electron chi connectivity index (χ2n) is 10.9. The van der Waals surface area contributed by atoms with Crippen molar-refractivity contribution in [3.63, 3.8) is 0 Å². The lowest BCUT2D eigenvalue weighted by atomic mass is 9.75. The van der Waals surface area contributed by atoms with Crippen molar-refractivity contribution < 1.29 is 32.4 Å². The molecule has 0 bridgehead atoms. The number of nitrogens with one attached hydrogen (secondary N) is 1. The Labute approximate surface area is 227 Å². The summed E-state index contributed by atoms with van der Waals surface area (Å²) in [6.07, 6.45) is -2.61. The summed E-state index contributed by atoms with van der Waals surface area (Å²) in [7, 11) is 0. The van der Waals surface area contributed by atoms with Crippen molar-refractivity contribution in [3.05, 3.63) is 86.2 Å². The molecule has 0 spiro atoms. The summed E-state index contributed by atoms with van der Waals surface area (Å²) in [6, 6.07) is 8.44. The van der Waals surface area contributed by atoms with E-state index in [0.717, 1.165) is 24.6 Å². The van der Waals surface area contributed by atoms with Gasteiger partial charge < -0.3 is 10.1 Å². The zero-order valence-corrected chi connectivity index (χ0v) is 21.9. The number of hydrogen-bond acceptors (Lipinski definition) is 6. The molecule has 1 N–H and O–H groups in total. The Balaban J connectivity index is 1.48. The van der Waals surface area contributed by atoms with E-state index in [1.165, 1.54) is 28.9 Å². The molecule has 9 nitrogen and oxygen atoms in total. The number of rotatable bonds is 6. The number of ketones is 1. The number of amides is 1. The molecule has 1 fully saturated rings. The second-order valence-corrected chi connectivity index (χ2v) is 10.9. The number of nitro groups is 1. The van der Waals surface area contributed by atoms with Gasteiger partial charge in [0.2, 0.25) is 0 Å². The van der Waals surface area contributed by atoms with Gasteiger partial charge in [-0.1, -0.05) is 26.0 Å². The Bertz CT molecular complexity index is 1510. The molecule has 12 heteroatoms. The van der Waals surface area contributed by atoms with Crippen molar-refractivity contribution in [2.45, 2.75) is 58.4 Å². The number of carbonyl (C=O) groups is 2. The van der Waals surface area contributed by atoms with Crippen LogP contribution in [-0.4, -0.2) is 33.0 Å². The van der Waals surface area contributed by atoms with E-state index < -0.39 is 28.3 Å². The van der Waals surface area contributed by atoms with E-state index >= 15 is 0 Å². The summed E-state index contributed by atoms with van der Waals surface area (Å²) >= 11 is 0. The molecule has 210 valence electrons. The molecule has 1 aliphatic carbocycles. The highest BCUT2D eigenvalue weighted by molar-refractivity contribution is 6.00. The summed E-state index contributed by atoms with van der Waals surface area (Å²) in [5, 5.41) is 19.3. The monoisotopic (exact) mass is 556 g/mol. The number of fused-ring (bicyclic) bond motifs is 1. The van der Waals surface area contributed by atoms with Crippen LogP contribution in [-0.2, 0) is 23.9 Å². The molecule has 40 heavy (non-hydrogen) atoms. The highest BCUT2D eigenvalue weighted by Crippen LogP contribution is 2.42. The van der Waals surface area contributed by atoms with Gasteiger partial charge in [0, 0.05) is 31.2 Å². The van der Waals surface area contributed by atoms with E-state index in [2.05, 4.69) is 10.4 Å². The molecule has 1 aromatic heterocycles. The standard InChI is InChI=1S/C28H27F3N4O5/c1-27(2)13-21-24(22(36)14-27)25(23-7-4-10-40-23)33-34(21)19-9-8-17(12-20(19)35(38)39)26(37)32-15-16-5-3-6-18(11-16)28(29,30)31/h3,5-6,8-9,11-12,23H,4,7,10,13-15H2,1-2H3,(H,32,37). The van der Waals surface area contributed by atoms with Crippen molar-refractivity contribution in [2.75, 3.05) is 6.61 Å². The fourth-order valence-corrected chi connectivity index (χ4v) is 5.33. The number of benzene rings is 2. The maximum atomic E-state index is 13.2. The first-order valence-electron chi connectivity index (χ1n) is 12.8. The van der Waals surface area contributed by atoms with Crippen LogP contribution in [0.2, 0.25) is 0 Å². The van der Waals surface area contributed by atoms with Crippen LogP contribution >= 0.6 is 0 Å². The van der Waals surface area contributed by atoms with Crippen LogP contribution in [0.25, 0.3) is 5.69 Å². The second kappa shape index (κ2) is 10.2. The average Bonchev–Trinajstić information content (AvgIpc) is 3.54. The van der Waals surface area contributed by atoms with Crippen molar-refractivity contribution >= 4 is 17.4 Å². The van der Waals surface area contributed by atoms with Crippen molar-refractivity contribution in [1.82, 2.24) is 15.1 Å². The topological polar surface area (TPSA) is 116 Å². The normalized spacial score (nSPS) is 18.4. The number of ether oxygens (including phenoxy) is 1. The summed E-state index contributed by atoms with van der Waals surface area (Å²) in [6.45, 7) is 4.23. The van der Waals surface area contributed by atoms with Gasteiger partial charge in [-0.05, 0) is 54.5 Å². The predicted octanol–water partition coefficient (Wildman–Crippen LogP) is 5.74. The number of nitro benzene ring substituents is 1. The molecule has 1 unspecified atom stereocenters. The SMILES string of the molecule is CC1(C)CC(=O)c2c(C3CCCO3)nn(-c3ccc(C(=O)NCc4cccc(C(F)(F)F)c4)cc3[N+](=O)[O-])c2C1.